The highest BCUT2D eigenvalue weighted by atomic mass is 19.1. The molecule has 1 heterocycles. The van der Waals surface area contributed by atoms with Gasteiger partial charge in [0, 0.05) is 7.05 Å². The van der Waals surface area contributed by atoms with Gasteiger partial charge in [0.15, 0.2) is 0 Å². The van der Waals surface area contributed by atoms with Crippen LogP contribution in [0.15, 0.2) is 47.3 Å². The maximum atomic E-state index is 12.8. The molecule has 0 aliphatic carbocycles. The number of halogens is 1. The molecule has 1 aromatic carbocycles. The first-order valence-corrected chi connectivity index (χ1v) is 5.64. The number of furan rings is 1. The minimum absolute atomic E-state index is 0.124. The van der Waals surface area contributed by atoms with Gasteiger partial charge >= 0.3 is 0 Å². The van der Waals surface area contributed by atoms with Gasteiger partial charge in [0.2, 0.25) is 0 Å². The summed E-state index contributed by atoms with van der Waals surface area (Å²) in [7, 11) is 1.71. The Morgan fingerprint density at radius 2 is 1.94 bits per heavy atom. The third-order valence-electron chi connectivity index (χ3n) is 3.02. The molecule has 0 spiro atoms. The third-order valence-corrected chi connectivity index (χ3v) is 3.02. The molecule has 1 atom stereocenters. The second kappa shape index (κ2) is 5.04. The molecule has 0 fully saturated rings. The first-order valence-electron chi connectivity index (χ1n) is 5.64. The molecule has 0 radical (unpaired) electrons. The van der Waals surface area contributed by atoms with Crippen LogP contribution in [-0.4, -0.2) is 17.9 Å². The van der Waals surface area contributed by atoms with E-state index in [1.165, 1.54) is 24.7 Å². The van der Waals surface area contributed by atoms with E-state index in [-0.39, 0.29) is 17.8 Å². The van der Waals surface area contributed by atoms with Crippen molar-refractivity contribution >= 4 is 5.91 Å². The van der Waals surface area contributed by atoms with Crippen molar-refractivity contribution in [2.24, 2.45) is 0 Å². The summed E-state index contributed by atoms with van der Waals surface area (Å²) < 4.78 is 17.7. The number of nitrogens with zero attached hydrogens (tertiary/aromatic N) is 1. The molecule has 0 saturated heterocycles. The highest BCUT2D eigenvalue weighted by Crippen LogP contribution is 2.21. The largest absolute Gasteiger partial charge is 0.472 e. The Kier molecular flexibility index (Phi) is 3.46. The summed E-state index contributed by atoms with van der Waals surface area (Å²) in [6.45, 7) is 1.89. The summed E-state index contributed by atoms with van der Waals surface area (Å²) in [5, 5.41) is 0. The van der Waals surface area contributed by atoms with Crippen molar-refractivity contribution in [3.05, 3.63) is 59.8 Å². The predicted molar refractivity (Wildman–Crippen MR) is 65.6 cm³/mol. The van der Waals surface area contributed by atoms with Gasteiger partial charge in [-0.3, -0.25) is 4.79 Å². The van der Waals surface area contributed by atoms with Crippen molar-refractivity contribution in [2.45, 2.75) is 13.0 Å². The Balaban J connectivity index is 2.16. The van der Waals surface area contributed by atoms with Gasteiger partial charge in [0.25, 0.3) is 5.91 Å². The van der Waals surface area contributed by atoms with Crippen molar-refractivity contribution in [3.8, 4) is 0 Å². The van der Waals surface area contributed by atoms with Crippen LogP contribution in [0, 0.1) is 5.82 Å². The molecule has 4 heteroatoms. The fraction of sp³-hybridized carbons (Fsp3) is 0.214. The van der Waals surface area contributed by atoms with Gasteiger partial charge in [-0.2, -0.15) is 0 Å². The van der Waals surface area contributed by atoms with Gasteiger partial charge in [-0.25, -0.2) is 4.39 Å². The van der Waals surface area contributed by atoms with Gasteiger partial charge in [-0.1, -0.05) is 12.1 Å². The van der Waals surface area contributed by atoms with E-state index in [2.05, 4.69) is 0 Å². The zero-order chi connectivity index (χ0) is 13.1. The third kappa shape index (κ3) is 2.42. The number of carbonyl (C=O) groups excluding carboxylic acids is 1. The number of carbonyl (C=O) groups is 1. The summed E-state index contributed by atoms with van der Waals surface area (Å²) in [5.74, 6) is -0.407. The number of hydrogen-bond acceptors (Lipinski definition) is 2. The molecule has 18 heavy (non-hydrogen) atoms. The van der Waals surface area contributed by atoms with E-state index in [4.69, 9.17) is 4.42 Å². The number of hydrogen-bond donors (Lipinski definition) is 0. The molecule has 2 rings (SSSR count). The average Bonchev–Trinajstić information content (AvgIpc) is 2.91. The standard InChI is InChI=1S/C14H14FNO2/c1-10(11-3-5-13(15)6-4-11)16(2)14(17)12-7-8-18-9-12/h3-10H,1-2H3. The molecule has 1 unspecified atom stereocenters. The monoisotopic (exact) mass is 247 g/mol. The Hall–Kier alpha value is -2.10. The smallest absolute Gasteiger partial charge is 0.257 e. The van der Waals surface area contributed by atoms with Crippen LogP contribution in [0.2, 0.25) is 0 Å². The van der Waals surface area contributed by atoms with Crippen LogP contribution >= 0.6 is 0 Å². The summed E-state index contributed by atoms with van der Waals surface area (Å²) >= 11 is 0. The molecule has 2 aromatic rings. The van der Waals surface area contributed by atoms with E-state index in [1.807, 2.05) is 6.92 Å². The van der Waals surface area contributed by atoms with E-state index in [0.29, 0.717) is 5.56 Å². The highest BCUT2D eigenvalue weighted by Gasteiger charge is 2.19. The van der Waals surface area contributed by atoms with E-state index < -0.39 is 0 Å². The summed E-state index contributed by atoms with van der Waals surface area (Å²) in [4.78, 5) is 13.7. The van der Waals surface area contributed by atoms with Crippen LogP contribution in [0.5, 0.6) is 0 Å². The summed E-state index contributed by atoms with van der Waals surface area (Å²) in [5.41, 5.74) is 1.39. The molecule has 1 amide bonds. The Labute approximate surface area is 105 Å². The second-order valence-electron chi connectivity index (χ2n) is 4.16. The Morgan fingerprint density at radius 3 is 2.50 bits per heavy atom. The molecule has 0 saturated carbocycles. The number of amides is 1. The predicted octanol–water partition coefficient (Wildman–Crippen LogP) is 3.25. The van der Waals surface area contributed by atoms with Crippen LogP contribution in [0.1, 0.15) is 28.9 Å². The van der Waals surface area contributed by atoms with Crippen molar-refractivity contribution < 1.29 is 13.6 Å². The number of rotatable bonds is 3. The lowest BCUT2D eigenvalue weighted by molar-refractivity contribution is 0.0742. The maximum Gasteiger partial charge on any atom is 0.257 e. The summed E-state index contributed by atoms with van der Waals surface area (Å²) in [6.07, 6.45) is 2.87. The van der Waals surface area contributed by atoms with E-state index in [1.54, 1.807) is 30.1 Å². The van der Waals surface area contributed by atoms with E-state index in [0.717, 1.165) is 5.56 Å². The molecular weight excluding hydrogens is 233 g/mol. The molecule has 0 bridgehead atoms. The van der Waals surface area contributed by atoms with Crippen LogP contribution in [0.4, 0.5) is 4.39 Å². The summed E-state index contributed by atoms with van der Waals surface area (Å²) in [6, 6.07) is 7.63. The van der Waals surface area contributed by atoms with Crippen LogP contribution < -0.4 is 0 Å². The lowest BCUT2D eigenvalue weighted by Crippen LogP contribution is -2.29. The zero-order valence-corrected chi connectivity index (χ0v) is 10.3. The van der Waals surface area contributed by atoms with Gasteiger partial charge in [0.05, 0.1) is 17.9 Å². The normalized spacial score (nSPS) is 12.2. The maximum absolute atomic E-state index is 12.8. The Morgan fingerprint density at radius 1 is 1.28 bits per heavy atom. The fourth-order valence-electron chi connectivity index (χ4n) is 1.73. The van der Waals surface area contributed by atoms with Crippen LogP contribution in [0.25, 0.3) is 0 Å². The van der Waals surface area contributed by atoms with E-state index in [9.17, 15) is 9.18 Å². The van der Waals surface area contributed by atoms with Crippen molar-refractivity contribution in [3.63, 3.8) is 0 Å². The highest BCUT2D eigenvalue weighted by molar-refractivity contribution is 5.93. The van der Waals surface area contributed by atoms with Crippen LogP contribution in [-0.2, 0) is 0 Å². The van der Waals surface area contributed by atoms with Crippen molar-refractivity contribution in [2.75, 3.05) is 7.05 Å². The SMILES string of the molecule is CC(c1ccc(F)cc1)N(C)C(=O)c1ccoc1. The van der Waals surface area contributed by atoms with Gasteiger partial charge in [-0.05, 0) is 30.7 Å². The van der Waals surface area contributed by atoms with E-state index >= 15 is 0 Å². The minimum Gasteiger partial charge on any atom is -0.472 e. The zero-order valence-electron chi connectivity index (χ0n) is 10.3. The van der Waals surface area contributed by atoms with Crippen LogP contribution in [0.3, 0.4) is 0 Å². The quantitative estimate of drug-likeness (QED) is 0.834. The molecule has 0 aliphatic rings. The molecule has 1 aromatic heterocycles. The lowest BCUT2D eigenvalue weighted by atomic mass is 10.1. The second-order valence-corrected chi connectivity index (χ2v) is 4.16. The van der Waals surface area contributed by atoms with Gasteiger partial charge in [0.1, 0.15) is 12.1 Å². The first-order chi connectivity index (χ1) is 8.59. The minimum atomic E-state index is -0.283. The molecular formula is C14H14FNO2. The van der Waals surface area contributed by atoms with Crippen molar-refractivity contribution in [1.82, 2.24) is 4.90 Å². The van der Waals surface area contributed by atoms with Gasteiger partial charge in [-0.15, -0.1) is 0 Å². The average molecular weight is 247 g/mol. The fourth-order valence-corrected chi connectivity index (χ4v) is 1.73. The topological polar surface area (TPSA) is 33.5 Å². The molecule has 94 valence electrons. The lowest BCUT2D eigenvalue weighted by Gasteiger charge is -2.24. The first kappa shape index (κ1) is 12.4. The number of benzene rings is 1. The molecule has 3 nitrogen and oxygen atoms in total. The molecule has 0 aliphatic heterocycles. The molecule has 0 N–H and O–H groups in total. The van der Waals surface area contributed by atoms with Gasteiger partial charge < -0.3 is 9.32 Å². The van der Waals surface area contributed by atoms with Crippen molar-refractivity contribution in [1.29, 1.82) is 0 Å². The Bertz CT molecular complexity index is 519.